The first kappa shape index (κ1) is 12.5. The molecular formula is C11H21NO3. The number of carbonyl (C=O) groups is 1. The summed E-state index contributed by atoms with van der Waals surface area (Å²) in [4.78, 5) is 13.1. The SMILES string of the molecule is CN(CCOCC1CC1)C(=O)CCCO. The highest BCUT2D eigenvalue weighted by Gasteiger charge is 2.21. The van der Waals surface area contributed by atoms with E-state index in [1.54, 1.807) is 11.9 Å². The van der Waals surface area contributed by atoms with E-state index < -0.39 is 0 Å². The molecule has 88 valence electrons. The third-order valence-corrected chi connectivity index (χ3v) is 2.60. The lowest BCUT2D eigenvalue weighted by Gasteiger charge is -2.16. The maximum Gasteiger partial charge on any atom is 0.222 e. The Morgan fingerprint density at radius 3 is 2.87 bits per heavy atom. The molecular weight excluding hydrogens is 194 g/mol. The zero-order valence-corrected chi connectivity index (χ0v) is 9.45. The van der Waals surface area contributed by atoms with Gasteiger partial charge in [0.25, 0.3) is 0 Å². The number of ether oxygens (including phenoxy) is 1. The molecule has 0 aromatic carbocycles. The van der Waals surface area contributed by atoms with E-state index in [1.807, 2.05) is 0 Å². The Hall–Kier alpha value is -0.610. The Bertz CT molecular complexity index is 192. The van der Waals surface area contributed by atoms with Gasteiger partial charge in [0.1, 0.15) is 0 Å². The second-order valence-corrected chi connectivity index (χ2v) is 4.16. The van der Waals surface area contributed by atoms with Gasteiger partial charge < -0.3 is 14.7 Å². The van der Waals surface area contributed by atoms with E-state index in [2.05, 4.69) is 0 Å². The summed E-state index contributed by atoms with van der Waals surface area (Å²) >= 11 is 0. The molecule has 0 radical (unpaired) electrons. The summed E-state index contributed by atoms with van der Waals surface area (Å²) in [5.41, 5.74) is 0. The highest BCUT2D eigenvalue weighted by atomic mass is 16.5. The van der Waals surface area contributed by atoms with Gasteiger partial charge in [-0.1, -0.05) is 0 Å². The molecule has 0 saturated heterocycles. The van der Waals surface area contributed by atoms with Crippen LogP contribution in [0, 0.1) is 5.92 Å². The standard InChI is InChI=1S/C11H21NO3/c1-12(11(14)3-2-7-13)6-8-15-9-10-4-5-10/h10,13H,2-9H2,1H3. The van der Waals surface area contributed by atoms with Gasteiger partial charge in [-0.15, -0.1) is 0 Å². The summed E-state index contributed by atoms with van der Waals surface area (Å²) in [5, 5.41) is 8.58. The fourth-order valence-corrected chi connectivity index (χ4v) is 1.28. The van der Waals surface area contributed by atoms with Gasteiger partial charge in [-0.25, -0.2) is 0 Å². The van der Waals surface area contributed by atoms with Crippen LogP contribution in [0.3, 0.4) is 0 Å². The van der Waals surface area contributed by atoms with E-state index in [1.165, 1.54) is 12.8 Å². The lowest BCUT2D eigenvalue weighted by atomic mass is 10.3. The van der Waals surface area contributed by atoms with Crippen molar-refractivity contribution in [1.82, 2.24) is 4.90 Å². The molecule has 4 nitrogen and oxygen atoms in total. The molecule has 1 fully saturated rings. The smallest absolute Gasteiger partial charge is 0.222 e. The number of amides is 1. The maximum absolute atomic E-state index is 11.4. The van der Waals surface area contributed by atoms with Crippen LogP contribution < -0.4 is 0 Å². The Morgan fingerprint density at radius 1 is 1.53 bits per heavy atom. The first-order valence-corrected chi connectivity index (χ1v) is 5.66. The van der Waals surface area contributed by atoms with E-state index in [4.69, 9.17) is 9.84 Å². The molecule has 0 aromatic rings. The van der Waals surface area contributed by atoms with Crippen LogP contribution >= 0.6 is 0 Å². The third kappa shape index (κ3) is 5.74. The zero-order valence-electron chi connectivity index (χ0n) is 9.45. The fourth-order valence-electron chi connectivity index (χ4n) is 1.28. The van der Waals surface area contributed by atoms with E-state index >= 15 is 0 Å². The van der Waals surface area contributed by atoms with Crippen molar-refractivity contribution in [3.8, 4) is 0 Å². The van der Waals surface area contributed by atoms with E-state index in [-0.39, 0.29) is 12.5 Å². The molecule has 0 bridgehead atoms. The first-order chi connectivity index (χ1) is 7.24. The molecule has 0 atom stereocenters. The number of carbonyl (C=O) groups excluding carboxylic acids is 1. The lowest BCUT2D eigenvalue weighted by Crippen LogP contribution is -2.30. The highest BCUT2D eigenvalue weighted by Crippen LogP contribution is 2.28. The van der Waals surface area contributed by atoms with Crippen LogP contribution in [0.4, 0.5) is 0 Å². The van der Waals surface area contributed by atoms with Crippen molar-refractivity contribution in [2.45, 2.75) is 25.7 Å². The summed E-state index contributed by atoms with van der Waals surface area (Å²) in [7, 11) is 1.78. The molecule has 15 heavy (non-hydrogen) atoms. The Balaban J connectivity index is 1.95. The normalized spacial score (nSPS) is 15.3. The first-order valence-electron chi connectivity index (χ1n) is 5.66. The lowest BCUT2D eigenvalue weighted by molar-refractivity contribution is -0.130. The van der Waals surface area contributed by atoms with Crippen molar-refractivity contribution in [3.63, 3.8) is 0 Å². The Labute approximate surface area is 91.2 Å². The average molecular weight is 215 g/mol. The number of aliphatic hydroxyl groups excluding tert-OH is 1. The highest BCUT2D eigenvalue weighted by molar-refractivity contribution is 5.75. The van der Waals surface area contributed by atoms with Gasteiger partial charge in [0.05, 0.1) is 6.61 Å². The Morgan fingerprint density at radius 2 is 2.27 bits per heavy atom. The van der Waals surface area contributed by atoms with E-state index in [9.17, 15) is 4.79 Å². The number of nitrogens with zero attached hydrogens (tertiary/aromatic N) is 1. The van der Waals surface area contributed by atoms with Crippen molar-refractivity contribution >= 4 is 5.91 Å². The van der Waals surface area contributed by atoms with Crippen molar-refractivity contribution in [3.05, 3.63) is 0 Å². The molecule has 1 amide bonds. The second-order valence-electron chi connectivity index (χ2n) is 4.16. The molecule has 0 aliphatic heterocycles. The summed E-state index contributed by atoms with van der Waals surface area (Å²) in [6, 6.07) is 0. The largest absolute Gasteiger partial charge is 0.396 e. The van der Waals surface area contributed by atoms with Crippen molar-refractivity contribution < 1.29 is 14.6 Å². The van der Waals surface area contributed by atoms with Gasteiger partial charge in [0.15, 0.2) is 0 Å². The molecule has 0 heterocycles. The van der Waals surface area contributed by atoms with Gasteiger partial charge >= 0.3 is 0 Å². The van der Waals surface area contributed by atoms with Crippen LogP contribution in [0.15, 0.2) is 0 Å². The van der Waals surface area contributed by atoms with E-state index in [0.717, 1.165) is 12.5 Å². The maximum atomic E-state index is 11.4. The Kier molecular flexibility index (Phi) is 5.65. The number of likely N-dealkylation sites (N-methyl/N-ethyl adjacent to an activating group) is 1. The van der Waals surface area contributed by atoms with Gasteiger partial charge in [0.2, 0.25) is 5.91 Å². The molecule has 1 rings (SSSR count). The minimum absolute atomic E-state index is 0.0811. The summed E-state index contributed by atoms with van der Waals surface area (Å²) < 4.78 is 5.44. The monoisotopic (exact) mass is 215 g/mol. The number of hydrogen-bond acceptors (Lipinski definition) is 3. The van der Waals surface area contributed by atoms with Crippen molar-refractivity contribution in [1.29, 1.82) is 0 Å². The average Bonchev–Trinajstić information content (AvgIpc) is 3.04. The van der Waals surface area contributed by atoms with Gasteiger partial charge in [0, 0.05) is 33.2 Å². The zero-order chi connectivity index (χ0) is 11.1. The molecule has 1 aliphatic carbocycles. The summed E-state index contributed by atoms with van der Waals surface area (Å²) in [6.07, 6.45) is 3.57. The molecule has 0 unspecified atom stereocenters. The van der Waals surface area contributed by atoms with Crippen LogP contribution in [-0.2, 0) is 9.53 Å². The van der Waals surface area contributed by atoms with Gasteiger partial charge in [-0.05, 0) is 25.2 Å². The quantitative estimate of drug-likeness (QED) is 0.605. The minimum atomic E-state index is 0.0811. The van der Waals surface area contributed by atoms with Crippen LogP contribution in [0.1, 0.15) is 25.7 Å². The summed E-state index contributed by atoms with van der Waals surface area (Å²) in [6.45, 7) is 2.20. The number of aliphatic hydroxyl groups is 1. The third-order valence-electron chi connectivity index (χ3n) is 2.60. The minimum Gasteiger partial charge on any atom is -0.396 e. The van der Waals surface area contributed by atoms with Crippen molar-refractivity contribution in [2.24, 2.45) is 5.92 Å². The second kappa shape index (κ2) is 6.80. The van der Waals surface area contributed by atoms with E-state index in [0.29, 0.717) is 26.0 Å². The number of hydrogen-bond donors (Lipinski definition) is 1. The topological polar surface area (TPSA) is 49.8 Å². The molecule has 1 aliphatic rings. The molecule has 1 saturated carbocycles. The van der Waals surface area contributed by atoms with Gasteiger partial charge in [-0.3, -0.25) is 4.79 Å². The molecule has 1 N–H and O–H groups in total. The summed E-state index contributed by atoms with van der Waals surface area (Å²) in [5.74, 6) is 0.861. The van der Waals surface area contributed by atoms with Crippen LogP contribution in [0.2, 0.25) is 0 Å². The van der Waals surface area contributed by atoms with Gasteiger partial charge in [-0.2, -0.15) is 0 Å². The van der Waals surface area contributed by atoms with Crippen LogP contribution in [0.25, 0.3) is 0 Å². The molecule has 0 aromatic heterocycles. The van der Waals surface area contributed by atoms with Crippen molar-refractivity contribution in [2.75, 3.05) is 33.4 Å². The molecule has 0 spiro atoms. The number of rotatable bonds is 8. The fraction of sp³-hybridized carbons (Fsp3) is 0.909. The predicted octanol–water partition coefficient (Wildman–Crippen LogP) is 0.644. The predicted molar refractivity (Wildman–Crippen MR) is 57.5 cm³/mol. The van der Waals surface area contributed by atoms with Crippen LogP contribution in [-0.4, -0.2) is 49.3 Å². The van der Waals surface area contributed by atoms with Crippen LogP contribution in [0.5, 0.6) is 0 Å². The molecule has 4 heteroatoms.